The molecular weight excluding hydrogens is 391 g/mol. The molecule has 0 saturated carbocycles. The minimum atomic E-state index is -3.92. The third-order valence-corrected chi connectivity index (χ3v) is 7.38. The van der Waals surface area contributed by atoms with E-state index in [0.717, 1.165) is 11.3 Å². The first-order valence-corrected chi connectivity index (χ1v) is 10.8. The summed E-state index contributed by atoms with van der Waals surface area (Å²) in [6.07, 6.45) is 3.26. The van der Waals surface area contributed by atoms with E-state index < -0.39 is 15.8 Å². The highest BCUT2D eigenvalue weighted by Gasteiger charge is 2.34. The van der Waals surface area contributed by atoms with E-state index in [0.29, 0.717) is 29.9 Å². The van der Waals surface area contributed by atoms with Crippen LogP contribution in [0.1, 0.15) is 11.1 Å². The Hall–Kier alpha value is -2.87. The topological polar surface area (TPSA) is 58.4 Å². The van der Waals surface area contributed by atoms with Crippen LogP contribution in [0, 0.1) is 19.7 Å². The third-order valence-electron chi connectivity index (χ3n) is 5.44. The number of halogens is 1. The second-order valence-corrected chi connectivity index (χ2v) is 9.23. The lowest BCUT2D eigenvalue weighted by atomic mass is 10.1. The zero-order chi connectivity index (χ0) is 20.9. The van der Waals surface area contributed by atoms with Gasteiger partial charge in [0.05, 0.1) is 29.0 Å². The number of aryl methyl sites for hydroxylation is 2. The molecule has 0 radical (unpaired) electrons. The van der Waals surface area contributed by atoms with Gasteiger partial charge in [0, 0.05) is 43.5 Å². The molecule has 3 aromatic rings. The number of anilines is 2. The van der Waals surface area contributed by atoms with Crippen molar-refractivity contribution in [1.29, 1.82) is 0 Å². The van der Waals surface area contributed by atoms with Gasteiger partial charge in [0.2, 0.25) is 0 Å². The Morgan fingerprint density at radius 1 is 1.07 bits per heavy atom. The summed E-state index contributed by atoms with van der Waals surface area (Å²) in [6.45, 7) is 4.27. The summed E-state index contributed by atoms with van der Waals surface area (Å²) in [4.78, 5) is 2.02. The number of sulfonamides is 1. The second kappa shape index (κ2) is 6.88. The van der Waals surface area contributed by atoms with Gasteiger partial charge in [-0.15, -0.1) is 0 Å². The van der Waals surface area contributed by atoms with E-state index in [1.54, 1.807) is 24.1 Å². The smallest absolute Gasteiger partial charge is 0.264 e. The first-order chi connectivity index (χ1) is 13.7. The predicted molar refractivity (Wildman–Crippen MR) is 112 cm³/mol. The fourth-order valence-electron chi connectivity index (χ4n) is 3.84. The van der Waals surface area contributed by atoms with Gasteiger partial charge in [-0.05, 0) is 37.6 Å². The molecule has 4 rings (SSSR count). The molecule has 6 nitrogen and oxygen atoms in total. The Morgan fingerprint density at radius 2 is 1.83 bits per heavy atom. The van der Waals surface area contributed by atoms with Crippen LogP contribution >= 0.6 is 0 Å². The van der Waals surface area contributed by atoms with Crippen molar-refractivity contribution >= 4 is 21.4 Å². The first kappa shape index (κ1) is 19.4. The second-order valence-electron chi connectivity index (χ2n) is 7.39. The van der Waals surface area contributed by atoms with Crippen LogP contribution in [0.15, 0.2) is 47.6 Å². The summed E-state index contributed by atoms with van der Waals surface area (Å²) in [5, 5.41) is 4.07. The summed E-state index contributed by atoms with van der Waals surface area (Å²) < 4.78 is 45.3. The van der Waals surface area contributed by atoms with Crippen molar-refractivity contribution in [2.45, 2.75) is 18.7 Å². The molecule has 29 heavy (non-hydrogen) atoms. The average molecular weight is 415 g/mol. The lowest BCUT2D eigenvalue weighted by molar-refractivity contribution is 0.582. The molecule has 2 heterocycles. The van der Waals surface area contributed by atoms with E-state index in [1.165, 1.54) is 23.4 Å². The van der Waals surface area contributed by atoms with Gasteiger partial charge in [0.1, 0.15) is 5.82 Å². The van der Waals surface area contributed by atoms with E-state index in [9.17, 15) is 8.42 Å². The first-order valence-electron chi connectivity index (χ1n) is 9.33. The van der Waals surface area contributed by atoms with E-state index in [4.69, 9.17) is 0 Å². The number of hydrogen-bond acceptors (Lipinski definition) is 4. The lowest BCUT2D eigenvalue weighted by Gasteiger charge is -2.37. The summed E-state index contributed by atoms with van der Waals surface area (Å²) in [6, 6.07) is 8.71. The SMILES string of the molecule is Cc1cccc2c1N(S(=O)(=O)c1ccc(-c3cnn(C)c3)c(F)c1C)CCN2C. The molecule has 152 valence electrons. The van der Waals surface area contributed by atoms with Gasteiger partial charge in [-0.25, -0.2) is 12.8 Å². The molecule has 0 amide bonds. The van der Waals surface area contributed by atoms with E-state index in [-0.39, 0.29) is 10.5 Å². The Balaban J connectivity index is 1.84. The number of para-hydroxylation sites is 1. The van der Waals surface area contributed by atoms with Crippen LogP contribution in [0.25, 0.3) is 11.1 Å². The molecule has 0 unspecified atom stereocenters. The van der Waals surface area contributed by atoms with Crippen molar-refractivity contribution in [3.8, 4) is 11.1 Å². The van der Waals surface area contributed by atoms with Crippen molar-refractivity contribution in [2.24, 2.45) is 7.05 Å². The normalized spacial score (nSPS) is 14.2. The van der Waals surface area contributed by atoms with Crippen LogP contribution in [-0.2, 0) is 17.1 Å². The molecule has 0 bridgehead atoms. The van der Waals surface area contributed by atoms with Gasteiger partial charge >= 0.3 is 0 Å². The van der Waals surface area contributed by atoms with E-state index in [2.05, 4.69) is 5.10 Å². The standard InChI is InChI=1S/C21H23FN4O2S/c1-14-6-5-7-18-21(14)26(11-10-24(18)3)29(27,28)19-9-8-17(20(22)15(19)2)16-12-23-25(4)13-16/h5-9,12-13H,10-11H2,1-4H3. The number of aromatic nitrogens is 2. The van der Waals surface area contributed by atoms with Crippen LogP contribution in [-0.4, -0.2) is 38.3 Å². The van der Waals surface area contributed by atoms with Crippen LogP contribution in [0.2, 0.25) is 0 Å². The highest BCUT2D eigenvalue weighted by Crippen LogP contribution is 2.39. The maximum absolute atomic E-state index is 15.2. The largest absolute Gasteiger partial charge is 0.371 e. The van der Waals surface area contributed by atoms with Gasteiger partial charge in [0.15, 0.2) is 0 Å². The van der Waals surface area contributed by atoms with E-state index in [1.807, 2.05) is 37.1 Å². The molecule has 0 fully saturated rings. The van der Waals surface area contributed by atoms with Crippen LogP contribution in [0.3, 0.4) is 0 Å². The number of hydrogen-bond donors (Lipinski definition) is 0. The molecule has 1 aliphatic rings. The third kappa shape index (κ3) is 3.07. The Morgan fingerprint density at radius 3 is 2.52 bits per heavy atom. The van der Waals surface area contributed by atoms with Crippen LogP contribution in [0.5, 0.6) is 0 Å². The predicted octanol–water partition coefficient (Wildman–Crippen LogP) is 3.49. The summed E-state index contributed by atoms with van der Waals surface area (Å²) in [5.41, 5.74) is 3.42. The minimum absolute atomic E-state index is 0.0126. The Kier molecular flexibility index (Phi) is 4.61. The Bertz CT molecular complexity index is 1200. The van der Waals surface area contributed by atoms with Gasteiger partial charge in [0.25, 0.3) is 10.0 Å². The molecular formula is C21H23FN4O2S. The van der Waals surface area contributed by atoms with Crippen molar-refractivity contribution in [3.63, 3.8) is 0 Å². The fourth-order valence-corrected chi connectivity index (χ4v) is 5.59. The zero-order valence-electron chi connectivity index (χ0n) is 16.8. The van der Waals surface area contributed by atoms with Gasteiger partial charge < -0.3 is 4.90 Å². The molecule has 8 heteroatoms. The van der Waals surface area contributed by atoms with Gasteiger partial charge in [-0.2, -0.15) is 5.10 Å². The highest BCUT2D eigenvalue weighted by molar-refractivity contribution is 7.93. The molecule has 2 aromatic carbocycles. The van der Waals surface area contributed by atoms with E-state index >= 15 is 4.39 Å². The number of nitrogens with zero attached hydrogens (tertiary/aromatic N) is 4. The highest BCUT2D eigenvalue weighted by atomic mass is 32.2. The zero-order valence-corrected chi connectivity index (χ0v) is 17.7. The lowest BCUT2D eigenvalue weighted by Crippen LogP contribution is -2.43. The number of fused-ring (bicyclic) bond motifs is 1. The number of benzene rings is 2. The summed E-state index contributed by atoms with van der Waals surface area (Å²) in [5.74, 6) is -0.543. The van der Waals surface area contributed by atoms with Gasteiger partial charge in [-0.1, -0.05) is 12.1 Å². The molecule has 0 saturated heterocycles. The molecule has 0 N–H and O–H groups in total. The van der Waals surface area contributed by atoms with Crippen molar-refractivity contribution in [2.75, 3.05) is 29.3 Å². The molecule has 0 aliphatic carbocycles. The number of rotatable bonds is 3. The monoisotopic (exact) mass is 414 g/mol. The minimum Gasteiger partial charge on any atom is -0.371 e. The summed E-state index contributed by atoms with van der Waals surface area (Å²) in [7, 11) is -0.232. The average Bonchev–Trinajstić information content (AvgIpc) is 3.10. The van der Waals surface area contributed by atoms with Crippen molar-refractivity contribution in [3.05, 3.63) is 59.7 Å². The van der Waals surface area contributed by atoms with Crippen LogP contribution in [0.4, 0.5) is 15.8 Å². The molecule has 0 spiro atoms. The van der Waals surface area contributed by atoms with Crippen molar-refractivity contribution in [1.82, 2.24) is 9.78 Å². The maximum atomic E-state index is 15.2. The molecule has 1 aromatic heterocycles. The Labute approximate surface area is 170 Å². The summed E-state index contributed by atoms with van der Waals surface area (Å²) >= 11 is 0. The number of likely N-dealkylation sites (N-methyl/N-ethyl adjacent to an activating group) is 1. The maximum Gasteiger partial charge on any atom is 0.264 e. The van der Waals surface area contributed by atoms with Crippen LogP contribution < -0.4 is 9.21 Å². The quantitative estimate of drug-likeness (QED) is 0.658. The fraction of sp³-hybridized carbons (Fsp3) is 0.286. The van der Waals surface area contributed by atoms with Crippen molar-refractivity contribution < 1.29 is 12.8 Å². The molecule has 1 aliphatic heterocycles. The molecule has 0 atom stereocenters. The van der Waals surface area contributed by atoms with Gasteiger partial charge in [-0.3, -0.25) is 8.99 Å².